The number of halogens is 2. The Morgan fingerprint density at radius 1 is 1.27 bits per heavy atom. The van der Waals surface area contributed by atoms with E-state index in [9.17, 15) is 9.18 Å². The van der Waals surface area contributed by atoms with Crippen LogP contribution in [0.25, 0.3) is 0 Å². The molecule has 1 aliphatic rings. The van der Waals surface area contributed by atoms with Gasteiger partial charge in [-0.2, -0.15) is 0 Å². The number of rotatable bonds is 6. The van der Waals surface area contributed by atoms with Crippen LogP contribution in [0.3, 0.4) is 0 Å². The van der Waals surface area contributed by atoms with Crippen LogP contribution in [-0.4, -0.2) is 26.0 Å². The lowest BCUT2D eigenvalue weighted by atomic mass is 9.78. The van der Waals surface area contributed by atoms with Crippen molar-refractivity contribution in [2.24, 2.45) is 5.92 Å². The van der Waals surface area contributed by atoms with Gasteiger partial charge in [0, 0.05) is 24.4 Å². The lowest BCUT2D eigenvalue weighted by molar-refractivity contribution is -0.124. The summed E-state index contributed by atoms with van der Waals surface area (Å²) >= 11 is 0. The molecule has 2 rings (SSSR count). The first-order valence-corrected chi connectivity index (χ1v) is 7.76. The van der Waals surface area contributed by atoms with Gasteiger partial charge < -0.3 is 10.6 Å². The van der Waals surface area contributed by atoms with E-state index in [0.717, 1.165) is 18.4 Å². The van der Waals surface area contributed by atoms with E-state index >= 15 is 0 Å². The zero-order valence-corrected chi connectivity index (χ0v) is 14.1. The molecule has 1 aromatic carbocycles. The van der Waals surface area contributed by atoms with E-state index in [1.165, 1.54) is 25.0 Å². The quantitative estimate of drug-likeness (QED) is 0.842. The molecule has 1 saturated carbocycles. The van der Waals surface area contributed by atoms with Crippen LogP contribution in [0.15, 0.2) is 24.3 Å². The lowest BCUT2D eigenvalue weighted by Crippen LogP contribution is -2.42. The summed E-state index contributed by atoms with van der Waals surface area (Å²) in [4.78, 5) is 12.1. The smallest absolute Gasteiger partial charge is 0.224 e. The van der Waals surface area contributed by atoms with Crippen LogP contribution in [0.5, 0.6) is 0 Å². The molecule has 3 nitrogen and oxygen atoms in total. The van der Waals surface area contributed by atoms with Crippen molar-refractivity contribution in [3.63, 3.8) is 0 Å². The van der Waals surface area contributed by atoms with Gasteiger partial charge in [-0.25, -0.2) is 4.39 Å². The van der Waals surface area contributed by atoms with Crippen molar-refractivity contribution in [3.8, 4) is 0 Å². The molecule has 1 unspecified atom stereocenters. The summed E-state index contributed by atoms with van der Waals surface area (Å²) in [5, 5.41) is 6.11. The van der Waals surface area contributed by atoms with Gasteiger partial charge in [-0.15, -0.1) is 12.4 Å². The molecule has 0 aromatic heterocycles. The minimum Gasteiger partial charge on any atom is -0.355 e. The molecule has 1 atom stereocenters. The molecule has 0 radical (unpaired) electrons. The van der Waals surface area contributed by atoms with E-state index in [1.54, 1.807) is 0 Å². The van der Waals surface area contributed by atoms with Gasteiger partial charge >= 0.3 is 0 Å². The maximum Gasteiger partial charge on any atom is 0.224 e. The van der Waals surface area contributed by atoms with Crippen molar-refractivity contribution in [1.82, 2.24) is 10.6 Å². The van der Waals surface area contributed by atoms with Crippen molar-refractivity contribution in [3.05, 3.63) is 35.6 Å². The van der Waals surface area contributed by atoms with E-state index in [0.29, 0.717) is 13.1 Å². The Morgan fingerprint density at radius 2 is 1.86 bits per heavy atom. The number of hydrogen-bond acceptors (Lipinski definition) is 2. The minimum atomic E-state index is -0.210. The van der Waals surface area contributed by atoms with Crippen molar-refractivity contribution < 1.29 is 9.18 Å². The zero-order chi connectivity index (χ0) is 15.3. The number of carbonyl (C=O) groups is 1. The van der Waals surface area contributed by atoms with Gasteiger partial charge in [-0.05, 0) is 37.6 Å². The first kappa shape index (κ1) is 18.9. The average Bonchev–Trinajstić information content (AvgIpc) is 2.96. The molecule has 1 amide bonds. The second-order valence-electron chi connectivity index (χ2n) is 6.17. The topological polar surface area (TPSA) is 41.1 Å². The lowest BCUT2D eigenvalue weighted by Gasteiger charge is -2.30. The molecule has 1 fully saturated rings. The highest BCUT2D eigenvalue weighted by Crippen LogP contribution is 2.40. The summed E-state index contributed by atoms with van der Waals surface area (Å²) < 4.78 is 13.1. The Bertz CT molecular complexity index is 472. The predicted molar refractivity (Wildman–Crippen MR) is 89.9 cm³/mol. The van der Waals surface area contributed by atoms with Gasteiger partial charge in [0.15, 0.2) is 0 Å². The molecule has 0 heterocycles. The van der Waals surface area contributed by atoms with Crippen LogP contribution >= 0.6 is 12.4 Å². The van der Waals surface area contributed by atoms with E-state index in [4.69, 9.17) is 0 Å². The molecular formula is C17H26ClFN2O. The van der Waals surface area contributed by atoms with Crippen LogP contribution in [0, 0.1) is 11.7 Å². The normalized spacial score (nSPS) is 17.6. The zero-order valence-electron chi connectivity index (χ0n) is 13.3. The largest absolute Gasteiger partial charge is 0.355 e. The van der Waals surface area contributed by atoms with Crippen LogP contribution in [-0.2, 0) is 10.2 Å². The molecule has 0 aliphatic heterocycles. The molecule has 22 heavy (non-hydrogen) atoms. The highest BCUT2D eigenvalue weighted by Gasteiger charge is 2.36. The predicted octanol–water partition coefficient (Wildman–Crippen LogP) is 3.03. The van der Waals surface area contributed by atoms with E-state index < -0.39 is 0 Å². The van der Waals surface area contributed by atoms with Crippen molar-refractivity contribution in [1.29, 1.82) is 0 Å². The number of carbonyl (C=O) groups excluding carboxylic acids is 1. The average molecular weight is 329 g/mol. The Kier molecular flexibility index (Phi) is 7.30. The molecule has 0 bridgehead atoms. The van der Waals surface area contributed by atoms with Crippen LogP contribution in [0.4, 0.5) is 4.39 Å². The molecule has 1 aromatic rings. The molecule has 0 saturated heterocycles. The fourth-order valence-corrected chi connectivity index (χ4v) is 3.25. The van der Waals surface area contributed by atoms with Crippen LogP contribution in [0.1, 0.15) is 38.2 Å². The van der Waals surface area contributed by atoms with E-state index in [2.05, 4.69) is 10.6 Å². The van der Waals surface area contributed by atoms with Crippen molar-refractivity contribution in [2.75, 3.05) is 20.1 Å². The third-order valence-electron chi connectivity index (χ3n) is 4.58. The number of nitrogens with one attached hydrogen (secondary N) is 2. The maximum atomic E-state index is 13.1. The Balaban J connectivity index is 0.00000242. The molecular weight excluding hydrogens is 303 g/mol. The van der Waals surface area contributed by atoms with Crippen molar-refractivity contribution in [2.45, 2.75) is 38.0 Å². The van der Waals surface area contributed by atoms with Gasteiger partial charge in [0.05, 0.1) is 0 Å². The first-order valence-electron chi connectivity index (χ1n) is 7.76. The highest BCUT2D eigenvalue weighted by atomic mass is 35.5. The first-order chi connectivity index (χ1) is 10.1. The highest BCUT2D eigenvalue weighted by molar-refractivity contribution is 5.85. The van der Waals surface area contributed by atoms with Gasteiger partial charge in [-0.3, -0.25) is 4.79 Å². The number of hydrogen-bond donors (Lipinski definition) is 2. The second-order valence-corrected chi connectivity index (χ2v) is 6.17. The summed E-state index contributed by atoms with van der Waals surface area (Å²) in [6, 6.07) is 6.76. The molecule has 1 aliphatic carbocycles. The minimum absolute atomic E-state index is 0. The van der Waals surface area contributed by atoms with E-state index in [-0.39, 0.29) is 35.5 Å². The third kappa shape index (κ3) is 4.43. The standard InChI is InChI=1S/C17H25FN2O.ClH/c1-13(11-19-2)16(21)20-12-17(9-3-4-10-17)14-5-7-15(18)8-6-14;/h5-8,13,19H,3-4,9-12H2,1-2H3,(H,20,21);1H. The summed E-state index contributed by atoms with van der Waals surface area (Å²) in [5.74, 6) is -0.169. The third-order valence-corrected chi connectivity index (χ3v) is 4.58. The Morgan fingerprint density at radius 3 is 2.41 bits per heavy atom. The van der Waals surface area contributed by atoms with Crippen molar-refractivity contribution >= 4 is 18.3 Å². The van der Waals surface area contributed by atoms with E-state index in [1.807, 2.05) is 26.1 Å². The number of amides is 1. The molecule has 5 heteroatoms. The Labute approximate surface area is 138 Å². The molecule has 124 valence electrons. The summed E-state index contributed by atoms with van der Waals surface area (Å²) in [5.41, 5.74) is 1.12. The Hall–Kier alpha value is -1.13. The van der Waals surface area contributed by atoms with Crippen LogP contribution in [0.2, 0.25) is 0 Å². The molecule has 0 spiro atoms. The van der Waals surface area contributed by atoms with Gasteiger partial charge in [-0.1, -0.05) is 31.9 Å². The molecule has 2 N–H and O–H groups in total. The fraction of sp³-hybridized carbons (Fsp3) is 0.588. The summed E-state index contributed by atoms with van der Waals surface area (Å²) in [6.07, 6.45) is 4.44. The van der Waals surface area contributed by atoms with Crippen LogP contribution < -0.4 is 10.6 Å². The van der Waals surface area contributed by atoms with Gasteiger partial charge in [0.1, 0.15) is 5.82 Å². The fourth-order valence-electron chi connectivity index (χ4n) is 3.25. The SMILES string of the molecule is CNCC(C)C(=O)NCC1(c2ccc(F)cc2)CCCC1.Cl. The second kappa shape index (κ2) is 8.49. The monoisotopic (exact) mass is 328 g/mol. The number of benzene rings is 1. The van der Waals surface area contributed by atoms with Gasteiger partial charge in [0.25, 0.3) is 0 Å². The summed E-state index contributed by atoms with van der Waals surface area (Å²) in [7, 11) is 1.85. The summed E-state index contributed by atoms with van der Waals surface area (Å²) in [6.45, 7) is 3.24. The van der Waals surface area contributed by atoms with Gasteiger partial charge in [0.2, 0.25) is 5.91 Å². The maximum absolute atomic E-state index is 13.1.